The molecule has 6 nitrogen and oxygen atoms in total. The number of carbonyl (C=O) groups is 2. The topological polar surface area (TPSA) is 75.4 Å². The minimum Gasteiger partial charge on any atom is -0.462 e. The maximum absolute atomic E-state index is 13.2. The van der Waals surface area contributed by atoms with E-state index in [-0.39, 0.29) is 17.9 Å². The maximum Gasteiger partial charge on any atom is 0.325 e. The molecule has 1 unspecified atom stereocenters. The number of benzene rings is 1. The number of furan rings is 1. The average molecular weight is 410 g/mol. The number of amides is 3. The molecule has 1 aliphatic heterocycles. The molecule has 29 heavy (non-hydrogen) atoms. The minimum absolute atomic E-state index is 0.0186. The molecule has 1 saturated heterocycles. The predicted molar refractivity (Wildman–Crippen MR) is 111 cm³/mol. The van der Waals surface area contributed by atoms with Crippen LogP contribution in [0.15, 0.2) is 52.5 Å². The highest BCUT2D eigenvalue weighted by molar-refractivity contribution is 7.13. The number of urea groups is 1. The summed E-state index contributed by atoms with van der Waals surface area (Å²) >= 11 is 1.42. The van der Waals surface area contributed by atoms with Gasteiger partial charge in [0.25, 0.3) is 5.91 Å². The van der Waals surface area contributed by atoms with Crippen LogP contribution in [0, 0.1) is 0 Å². The van der Waals surface area contributed by atoms with E-state index in [1.165, 1.54) is 21.8 Å². The number of aromatic nitrogens is 1. The number of carbonyl (C=O) groups excluding carboxylic acids is 2. The first-order valence-electron chi connectivity index (χ1n) is 9.42. The molecule has 1 aliphatic rings. The lowest BCUT2D eigenvalue weighted by Gasteiger charge is -2.24. The van der Waals surface area contributed by atoms with Crippen LogP contribution >= 0.6 is 11.3 Å². The van der Waals surface area contributed by atoms with Gasteiger partial charge < -0.3 is 9.73 Å². The van der Waals surface area contributed by atoms with Crippen molar-refractivity contribution in [3.05, 3.63) is 64.9 Å². The fourth-order valence-electron chi connectivity index (χ4n) is 3.39. The highest BCUT2D eigenvalue weighted by atomic mass is 32.1. The zero-order valence-corrected chi connectivity index (χ0v) is 17.7. The lowest BCUT2D eigenvalue weighted by molar-refractivity contribution is -0.131. The van der Waals surface area contributed by atoms with Gasteiger partial charge in [-0.3, -0.25) is 9.69 Å². The number of hydrogen-bond donors (Lipinski definition) is 1. The Morgan fingerprint density at radius 1 is 1.17 bits per heavy atom. The van der Waals surface area contributed by atoms with E-state index in [9.17, 15) is 9.59 Å². The van der Waals surface area contributed by atoms with Crippen LogP contribution in [0.1, 0.15) is 44.5 Å². The van der Waals surface area contributed by atoms with Crippen molar-refractivity contribution in [2.24, 2.45) is 0 Å². The number of imide groups is 1. The fourth-order valence-corrected chi connectivity index (χ4v) is 4.17. The van der Waals surface area contributed by atoms with Crippen molar-refractivity contribution in [3.63, 3.8) is 0 Å². The summed E-state index contributed by atoms with van der Waals surface area (Å²) in [6, 6.07) is 11.1. The summed E-state index contributed by atoms with van der Waals surface area (Å²) < 4.78 is 5.36. The molecule has 1 fully saturated rings. The van der Waals surface area contributed by atoms with E-state index >= 15 is 0 Å². The Balaban J connectivity index is 1.55. The quantitative estimate of drug-likeness (QED) is 0.636. The number of thiazole rings is 1. The molecule has 0 bridgehead atoms. The molecule has 150 valence electrons. The van der Waals surface area contributed by atoms with Gasteiger partial charge in [-0.2, -0.15) is 0 Å². The number of nitrogens with one attached hydrogen (secondary N) is 1. The summed E-state index contributed by atoms with van der Waals surface area (Å²) in [6.45, 7) is 8.28. The van der Waals surface area contributed by atoms with Gasteiger partial charge in [0, 0.05) is 5.38 Å². The van der Waals surface area contributed by atoms with Crippen molar-refractivity contribution in [2.45, 2.75) is 45.2 Å². The van der Waals surface area contributed by atoms with Gasteiger partial charge in [0.05, 0.1) is 18.5 Å². The standard InChI is InChI=1S/C22H23N3O3S/c1-21(2,3)14-7-9-15(10-8-14)22(4)19(26)25(20(27)24-22)12-16-13-29-18(23-16)17-6-5-11-28-17/h5-11,13H,12H2,1-4H3,(H,24,27). The van der Waals surface area contributed by atoms with Gasteiger partial charge in [0.2, 0.25) is 0 Å². The van der Waals surface area contributed by atoms with Gasteiger partial charge in [0.15, 0.2) is 10.8 Å². The van der Waals surface area contributed by atoms with Crippen LogP contribution in [-0.2, 0) is 22.3 Å². The van der Waals surface area contributed by atoms with Crippen LogP contribution in [0.25, 0.3) is 10.8 Å². The number of rotatable bonds is 4. The molecule has 0 radical (unpaired) electrons. The average Bonchev–Trinajstić information content (AvgIpc) is 3.39. The second-order valence-electron chi connectivity index (χ2n) is 8.40. The predicted octanol–water partition coefficient (Wildman–Crippen LogP) is 4.67. The van der Waals surface area contributed by atoms with E-state index in [2.05, 4.69) is 31.1 Å². The molecule has 1 aromatic carbocycles. The van der Waals surface area contributed by atoms with Crippen LogP contribution in [0.5, 0.6) is 0 Å². The molecule has 3 aromatic rings. The van der Waals surface area contributed by atoms with Crippen molar-refractivity contribution in [2.75, 3.05) is 0 Å². The lowest BCUT2D eigenvalue weighted by Crippen LogP contribution is -2.40. The van der Waals surface area contributed by atoms with Gasteiger partial charge in [0.1, 0.15) is 5.54 Å². The smallest absolute Gasteiger partial charge is 0.325 e. The molecular formula is C22H23N3O3S. The normalized spacial score (nSPS) is 19.7. The third-order valence-electron chi connectivity index (χ3n) is 5.21. The summed E-state index contributed by atoms with van der Waals surface area (Å²) in [5.41, 5.74) is 1.52. The Labute approximate surface area is 173 Å². The number of nitrogens with zero attached hydrogens (tertiary/aromatic N) is 2. The van der Waals surface area contributed by atoms with Crippen LogP contribution in [0.2, 0.25) is 0 Å². The van der Waals surface area contributed by atoms with Crippen LogP contribution in [-0.4, -0.2) is 21.8 Å². The summed E-state index contributed by atoms with van der Waals surface area (Å²) in [5.74, 6) is 0.390. The van der Waals surface area contributed by atoms with Crippen LogP contribution in [0.3, 0.4) is 0 Å². The second kappa shape index (κ2) is 6.84. The zero-order valence-electron chi connectivity index (χ0n) is 16.9. The molecular weight excluding hydrogens is 386 g/mol. The van der Waals surface area contributed by atoms with E-state index < -0.39 is 11.6 Å². The van der Waals surface area contributed by atoms with E-state index in [1.54, 1.807) is 19.3 Å². The Bertz CT molecular complexity index is 1050. The summed E-state index contributed by atoms with van der Waals surface area (Å²) in [4.78, 5) is 31.5. The molecule has 2 aromatic heterocycles. The Morgan fingerprint density at radius 2 is 1.90 bits per heavy atom. The molecule has 0 aliphatic carbocycles. The first-order valence-corrected chi connectivity index (χ1v) is 10.3. The lowest BCUT2D eigenvalue weighted by atomic mass is 9.84. The van der Waals surface area contributed by atoms with Crippen molar-refractivity contribution >= 4 is 23.3 Å². The first-order chi connectivity index (χ1) is 13.7. The second-order valence-corrected chi connectivity index (χ2v) is 9.25. The monoisotopic (exact) mass is 409 g/mol. The number of hydrogen-bond acceptors (Lipinski definition) is 5. The van der Waals surface area contributed by atoms with E-state index in [4.69, 9.17) is 4.42 Å². The summed E-state index contributed by atoms with van der Waals surface area (Å²) in [5, 5.41) is 5.41. The highest BCUT2D eigenvalue weighted by Crippen LogP contribution is 2.32. The summed E-state index contributed by atoms with van der Waals surface area (Å²) in [6.07, 6.45) is 1.59. The van der Waals surface area contributed by atoms with E-state index in [1.807, 2.05) is 35.7 Å². The highest BCUT2D eigenvalue weighted by Gasteiger charge is 2.49. The zero-order chi connectivity index (χ0) is 20.8. The third kappa shape index (κ3) is 3.46. The van der Waals surface area contributed by atoms with Crippen LogP contribution < -0.4 is 5.32 Å². The molecule has 0 spiro atoms. The van der Waals surface area contributed by atoms with Gasteiger partial charge in [-0.25, -0.2) is 9.78 Å². The van der Waals surface area contributed by atoms with Crippen molar-refractivity contribution in [1.29, 1.82) is 0 Å². The third-order valence-corrected chi connectivity index (χ3v) is 6.11. The SMILES string of the molecule is CC(C)(C)c1ccc(C2(C)NC(=O)N(Cc3csc(-c4ccco4)n3)C2=O)cc1. The summed E-state index contributed by atoms with van der Waals surface area (Å²) in [7, 11) is 0. The molecule has 1 atom stereocenters. The van der Waals surface area contributed by atoms with Crippen LogP contribution in [0.4, 0.5) is 4.79 Å². The van der Waals surface area contributed by atoms with Gasteiger partial charge in [-0.1, -0.05) is 45.0 Å². The fraction of sp³-hybridized carbons (Fsp3) is 0.318. The largest absolute Gasteiger partial charge is 0.462 e. The Hall–Kier alpha value is -2.93. The molecule has 0 saturated carbocycles. The molecule has 7 heteroatoms. The Kier molecular flexibility index (Phi) is 4.58. The van der Waals surface area contributed by atoms with Crippen molar-refractivity contribution in [1.82, 2.24) is 15.2 Å². The molecule has 1 N–H and O–H groups in total. The van der Waals surface area contributed by atoms with Gasteiger partial charge in [-0.05, 0) is 35.6 Å². The van der Waals surface area contributed by atoms with E-state index in [0.717, 1.165) is 10.6 Å². The van der Waals surface area contributed by atoms with E-state index in [0.29, 0.717) is 11.5 Å². The molecule has 4 rings (SSSR count). The van der Waals surface area contributed by atoms with Crippen molar-refractivity contribution < 1.29 is 14.0 Å². The molecule has 3 heterocycles. The minimum atomic E-state index is -1.09. The van der Waals surface area contributed by atoms with Gasteiger partial charge >= 0.3 is 6.03 Å². The van der Waals surface area contributed by atoms with Crippen molar-refractivity contribution in [3.8, 4) is 10.8 Å². The van der Waals surface area contributed by atoms with Gasteiger partial charge in [-0.15, -0.1) is 11.3 Å². The first kappa shape index (κ1) is 19.4. The Morgan fingerprint density at radius 3 is 2.52 bits per heavy atom. The maximum atomic E-state index is 13.2. The molecule has 3 amide bonds.